The van der Waals surface area contributed by atoms with Crippen LogP contribution in [0.4, 0.5) is 0 Å². The van der Waals surface area contributed by atoms with Crippen molar-refractivity contribution in [3.63, 3.8) is 0 Å². The monoisotopic (exact) mass is 368 g/mol. The largest absolute Gasteiger partial charge is 0.457 e. The highest BCUT2D eigenvalue weighted by Crippen LogP contribution is 2.12. The topological polar surface area (TPSA) is 139 Å². The predicted molar refractivity (Wildman–Crippen MR) is 83.6 cm³/mol. The second-order valence-corrected chi connectivity index (χ2v) is 6.55. The third-order valence-electron chi connectivity index (χ3n) is 3.13. The summed E-state index contributed by atoms with van der Waals surface area (Å²) in [6.07, 6.45) is 0. The van der Waals surface area contributed by atoms with Gasteiger partial charge in [0.05, 0.1) is 22.5 Å². The minimum absolute atomic E-state index is 0.0222. The van der Waals surface area contributed by atoms with Crippen molar-refractivity contribution < 1.29 is 33.2 Å². The van der Waals surface area contributed by atoms with Crippen molar-refractivity contribution in [2.75, 3.05) is 0 Å². The second kappa shape index (κ2) is 8.16. The number of ether oxygens (including phenoxy) is 1. The van der Waals surface area contributed by atoms with Crippen LogP contribution in [0, 0.1) is 0 Å². The average molecular weight is 368 g/mol. The molecule has 0 atom stereocenters. The van der Waals surface area contributed by atoms with Crippen molar-refractivity contribution in [2.45, 2.75) is 18.1 Å². The van der Waals surface area contributed by atoms with E-state index in [1.807, 2.05) is 0 Å². The lowest BCUT2D eigenvalue weighted by Gasteiger charge is -2.09. The van der Waals surface area contributed by atoms with Crippen LogP contribution in [0.1, 0.15) is 21.5 Å². The van der Waals surface area contributed by atoms with Crippen LogP contribution in [0.2, 0.25) is 0 Å². The van der Waals surface area contributed by atoms with E-state index in [9.17, 15) is 13.2 Å². The third kappa shape index (κ3) is 5.90. The summed E-state index contributed by atoms with van der Waals surface area (Å²) in [5.41, 5.74) is 1.49. The molecule has 2 aromatic rings. The first-order valence-electron chi connectivity index (χ1n) is 6.94. The van der Waals surface area contributed by atoms with Gasteiger partial charge in [0, 0.05) is 0 Å². The number of hydrogen-bond donors (Lipinski definition) is 3. The van der Waals surface area contributed by atoms with Crippen molar-refractivity contribution in [3.8, 4) is 0 Å². The normalized spacial score (nSPS) is 11.5. The van der Waals surface area contributed by atoms with E-state index in [-0.39, 0.29) is 23.7 Å². The minimum atomic E-state index is -3.82. The first-order chi connectivity index (χ1) is 11.8. The predicted octanol–water partition coefficient (Wildman–Crippen LogP) is 1.20. The summed E-state index contributed by atoms with van der Waals surface area (Å²) in [5.74, 6) is -0.625. The molecule has 0 spiro atoms. The molecule has 0 radical (unpaired) electrons. The number of esters is 1. The number of carbonyl (C=O) groups excluding carboxylic acids is 1. The number of primary sulfonamides is 1. The van der Waals surface area contributed by atoms with Gasteiger partial charge in [-0.15, -0.1) is 0 Å². The van der Waals surface area contributed by atoms with Gasteiger partial charge in [0.2, 0.25) is 10.0 Å². The summed E-state index contributed by atoms with van der Waals surface area (Å²) in [5, 5.41) is 21.6. The fourth-order valence-corrected chi connectivity index (χ4v) is 2.47. The maximum absolute atomic E-state index is 12.0. The first-order valence-corrected chi connectivity index (χ1v) is 8.49. The average Bonchev–Trinajstić information content (AvgIpc) is 2.57. The molecule has 2 aromatic carbocycles. The van der Waals surface area contributed by atoms with Crippen LogP contribution in [0.25, 0.3) is 0 Å². The Bertz CT molecular complexity index is 835. The third-order valence-corrected chi connectivity index (χ3v) is 4.06. The molecule has 0 unspecified atom stereocenters. The first kappa shape index (κ1) is 19.0. The standard InChI is InChI=1S/C15H16N2O7S/c16-25(21,22)14-6-4-13(5-7-14)15(18)23-9-11-2-1-3-12(8-11)10-24-17(19)20/h1-8,19-20H,9-10H2,(H2,16,21,22). The zero-order valence-electron chi connectivity index (χ0n) is 12.9. The molecule has 0 aliphatic carbocycles. The summed E-state index contributed by atoms with van der Waals surface area (Å²) in [7, 11) is -3.82. The van der Waals surface area contributed by atoms with Gasteiger partial charge >= 0.3 is 5.97 Å². The highest BCUT2D eigenvalue weighted by Gasteiger charge is 2.11. The summed E-state index contributed by atoms with van der Waals surface area (Å²) < 4.78 is 27.5. The fourth-order valence-electron chi connectivity index (χ4n) is 1.95. The molecule has 0 heterocycles. The molecule has 0 aliphatic rings. The van der Waals surface area contributed by atoms with Gasteiger partial charge in [-0.2, -0.15) is 0 Å². The van der Waals surface area contributed by atoms with Gasteiger partial charge in [-0.05, 0) is 35.4 Å². The molecule has 0 aliphatic heterocycles. The molecule has 4 N–H and O–H groups in total. The Morgan fingerprint density at radius 2 is 1.64 bits per heavy atom. The molecule has 0 saturated carbocycles. The van der Waals surface area contributed by atoms with Crippen LogP contribution in [-0.2, 0) is 32.8 Å². The summed E-state index contributed by atoms with van der Waals surface area (Å²) in [4.78, 5) is 16.4. The fraction of sp³-hybridized carbons (Fsp3) is 0.133. The number of sulfonamides is 1. The number of carbonyl (C=O) groups is 1. The second-order valence-electron chi connectivity index (χ2n) is 4.99. The van der Waals surface area contributed by atoms with E-state index in [1.165, 1.54) is 24.3 Å². The molecular weight excluding hydrogens is 352 g/mol. The van der Waals surface area contributed by atoms with E-state index in [0.717, 1.165) is 0 Å². The van der Waals surface area contributed by atoms with Crippen LogP contribution in [0.3, 0.4) is 0 Å². The molecule has 0 amide bonds. The van der Waals surface area contributed by atoms with Crippen molar-refractivity contribution in [1.82, 2.24) is 5.39 Å². The summed E-state index contributed by atoms with van der Waals surface area (Å²) in [6.45, 7) is -0.102. The van der Waals surface area contributed by atoms with Gasteiger partial charge in [0.25, 0.3) is 0 Å². The van der Waals surface area contributed by atoms with E-state index in [1.54, 1.807) is 24.3 Å². The molecule has 10 heteroatoms. The lowest BCUT2D eigenvalue weighted by Crippen LogP contribution is -2.14. The van der Waals surface area contributed by atoms with Gasteiger partial charge in [-0.25, -0.2) is 23.2 Å². The Labute approximate surface area is 143 Å². The number of hydrogen-bond acceptors (Lipinski definition) is 8. The quantitative estimate of drug-likeness (QED) is 0.489. The van der Waals surface area contributed by atoms with Crippen LogP contribution in [-0.4, -0.2) is 30.2 Å². The molecule has 134 valence electrons. The van der Waals surface area contributed by atoms with Gasteiger partial charge < -0.3 is 4.74 Å². The Balaban J connectivity index is 1.96. The lowest BCUT2D eigenvalue weighted by molar-refractivity contribution is -0.497. The van der Waals surface area contributed by atoms with Crippen molar-refractivity contribution >= 4 is 16.0 Å². The number of nitrogens with two attached hydrogens (primary N) is 1. The summed E-state index contributed by atoms with van der Waals surface area (Å²) >= 11 is 0. The highest BCUT2D eigenvalue weighted by molar-refractivity contribution is 7.89. The molecule has 2 rings (SSSR count). The van der Waals surface area contributed by atoms with Gasteiger partial charge in [-0.1, -0.05) is 24.3 Å². The number of benzene rings is 2. The SMILES string of the molecule is NS(=O)(=O)c1ccc(C(=O)OCc2cccc(CON(O)O)c2)cc1. The van der Waals surface area contributed by atoms with Crippen molar-refractivity contribution in [3.05, 3.63) is 65.2 Å². The van der Waals surface area contributed by atoms with Gasteiger partial charge in [0.1, 0.15) is 6.61 Å². The number of rotatable bonds is 7. The van der Waals surface area contributed by atoms with E-state index in [2.05, 4.69) is 4.84 Å². The van der Waals surface area contributed by atoms with E-state index < -0.39 is 21.4 Å². The van der Waals surface area contributed by atoms with E-state index in [0.29, 0.717) is 11.1 Å². The van der Waals surface area contributed by atoms with Crippen LogP contribution < -0.4 is 5.14 Å². The molecule has 0 bridgehead atoms. The molecule has 25 heavy (non-hydrogen) atoms. The van der Waals surface area contributed by atoms with E-state index >= 15 is 0 Å². The van der Waals surface area contributed by atoms with Crippen LogP contribution in [0.5, 0.6) is 0 Å². The lowest BCUT2D eigenvalue weighted by atomic mass is 10.1. The molecule has 0 saturated heterocycles. The Morgan fingerprint density at radius 3 is 2.20 bits per heavy atom. The smallest absolute Gasteiger partial charge is 0.338 e. The maximum atomic E-state index is 12.0. The number of nitrogens with zero attached hydrogens (tertiary/aromatic N) is 1. The van der Waals surface area contributed by atoms with Crippen LogP contribution >= 0.6 is 0 Å². The highest BCUT2D eigenvalue weighted by atomic mass is 32.2. The van der Waals surface area contributed by atoms with E-state index in [4.69, 9.17) is 20.3 Å². The van der Waals surface area contributed by atoms with Gasteiger partial charge in [0.15, 0.2) is 0 Å². The van der Waals surface area contributed by atoms with Crippen LogP contribution in [0.15, 0.2) is 53.4 Å². The zero-order chi connectivity index (χ0) is 18.4. The Morgan fingerprint density at radius 1 is 1.04 bits per heavy atom. The van der Waals surface area contributed by atoms with Crippen molar-refractivity contribution in [2.24, 2.45) is 5.14 Å². The molecule has 9 nitrogen and oxygen atoms in total. The molecule has 0 fully saturated rings. The Kier molecular flexibility index (Phi) is 6.20. The summed E-state index contributed by atoms with van der Waals surface area (Å²) in [6, 6.07) is 11.8. The maximum Gasteiger partial charge on any atom is 0.338 e. The zero-order valence-corrected chi connectivity index (χ0v) is 13.7. The Hall–Kier alpha value is -2.34. The molecule has 0 aromatic heterocycles. The van der Waals surface area contributed by atoms with Gasteiger partial charge in [-0.3, -0.25) is 10.4 Å². The minimum Gasteiger partial charge on any atom is -0.457 e. The molecular formula is C15H16N2O7S. The van der Waals surface area contributed by atoms with Crippen molar-refractivity contribution in [1.29, 1.82) is 0 Å².